The standard InChI is InChI=1S/C16H23F3N2O/c1-4-21(15(22)9-6-10-20-3)12(2)13-7-5-8-14(11-13)16(17,18)19/h5,7-8,11-12,20H,4,6,9-10H2,1-3H3. The Morgan fingerprint density at radius 1 is 1.36 bits per heavy atom. The molecule has 1 N–H and O–H groups in total. The molecule has 1 amide bonds. The highest BCUT2D eigenvalue weighted by atomic mass is 19.4. The molecule has 0 saturated carbocycles. The number of hydrogen-bond acceptors (Lipinski definition) is 2. The van der Waals surface area contributed by atoms with E-state index in [0.717, 1.165) is 18.7 Å². The predicted octanol–water partition coefficient (Wildman–Crippen LogP) is 3.61. The molecule has 1 unspecified atom stereocenters. The highest BCUT2D eigenvalue weighted by molar-refractivity contribution is 5.76. The Labute approximate surface area is 129 Å². The Morgan fingerprint density at radius 3 is 2.59 bits per heavy atom. The van der Waals surface area contributed by atoms with Gasteiger partial charge in [0.1, 0.15) is 0 Å². The van der Waals surface area contributed by atoms with Gasteiger partial charge in [-0.2, -0.15) is 13.2 Å². The minimum absolute atomic E-state index is 0.0392. The molecule has 0 radical (unpaired) electrons. The molecule has 1 rings (SSSR count). The summed E-state index contributed by atoms with van der Waals surface area (Å²) < 4.78 is 38.4. The van der Waals surface area contributed by atoms with E-state index in [1.165, 1.54) is 6.07 Å². The molecule has 0 aliphatic carbocycles. The van der Waals surface area contributed by atoms with Crippen LogP contribution >= 0.6 is 0 Å². The van der Waals surface area contributed by atoms with Gasteiger partial charge < -0.3 is 10.2 Å². The number of hydrogen-bond donors (Lipinski definition) is 1. The number of halogens is 3. The molecule has 1 aromatic carbocycles. The molecule has 124 valence electrons. The van der Waals surface area contributed by atoms with Gasteiger partial charge in [0.05, 0.1) is 11.6 Å². The lowest BCUT2D eigenvalue weighted by Crippen LogP contribution is -2.33. The van der Waals surface area contributed by atoms with Gasteiger partial charge in [0, 0.05) is 13.0 Å². The fraction of sp³-hybridized carbons (Fsp3) is 0.562. The molecule has 0 fully saturated rings. The van der Waals surface area contributed by atoms with Crippen molar-refractivity contribution in [3.63, 3.8) is 0 Å². The molecule has 0 spiro atoms. The SMILES string of the molecule is CCN(C(=O)CCCNC)C(C)c1cccc(C(F)(F)F)c1. The molecule has 0 heterocycles. The number of benzene rings is 1. The van der Waals surface area contributed by atoms with E-state index in [0.29, 0.717) is 24.9 Å². The first-order chi connectivity index (χ1) is 10.3. The molecular formula is C16H23F3N2O. The zero-order valence-corrected chi connectivity index (χ0v) is 13.2. The number of amides is 1. The van der Waals surface area contributed by atoms with Gasteiger partial charge in [0.15, 0.2) is 0 Å². The summed E-state index contributed by atoms with van der Waals surface area (Å²) >= 11 is 0. The van der Waals surface area contributed by atoms with E-state index < -0.39 is 11.7 Å². The van der Waals surface area contributed by atoms with Crippen molar-refractivity contribution in [2.24, 2.45) is 0 Å². The average molecular weight is 316 g/mol. The minimum Gasteiger partial charge on any atom is -0.336 e. The summed E-state index contributed by atoms with van der Waals surface area (Å²) in [6.07, 6.45) is -3.28. The summed E-state index contributed by atoms with van der Waals surface area (Å²) in [6, 6.07) is 4.79. The van der Waals surface area contributed by atoms with E-state index in [1.54, 1.807) is 17.9 Å². The smallest absolute Gasteiger partial charge is 0.336 e. The molecule has 22 heavy (non-hydrogen) atoms. The zero-order chi connectivity index (χ0) is 16.8. The maximum absolute atomic E-state index is 12.8. The van der Waals surface area contributed by atoms with Gasteiger partial charge >= 0.3 is 6.18 Å². The Kier molecular flexibility index (Phi) is 6.87. The fourth-order valence-electron chi connectivity index (χ4n) is 2.38. The monoisotopic (exact) mass is 316 g/mol. The first-order valence-corrected chi connectivity index (χ1v) is 7.42. The normalized spacial score (nSPS) is 13.0. The molecule has 0 saturated heterocycles. The topological polar surface area (TPSA) is 32.3 Å². The van der Waals surface area contributed by atoms with Gasteiger partial charge in [-0.05, 0) is 51.6 Å². The summed E-state index contributed by atoms with van der Waals surface area (Å²) in [7, 11) is 1.81. The summed E-state index contributed by atoms with van der Waals surface area (Å²) in [5.74, 6) is -0.0392. The third-order valence-electron chi connectivity index (χ3n) is 3.64. The van der Waals surface area contributed by atoms with Gasteiger partial charge in [-0.15, -0.1) is 0 Å². The Bertz CT molecular complexity index is 489. The Morgan fingerprint density at radius 2 is 2.05 bits per heavy atom. The summed E-state index contributed by atoms with van der Waals surface area (Å²) in [5.41, 5.74) is -0.186. The van der Waals surface area contributed by atoms with Crippen LogP contribution in [0.5, 0.6) is 0 Å². The highest BCUT2D eigenvalue weighted by Crippen LogP contribution is 2.32. The van der Waals surface area contributed by atoms with Crippen molar-refractivity contribution in [1.29, 1.82) is 0 Å². The largest absolute Gasteiger partial charge is 0.416 e. The number of alkyl halides is 3. The molecule has 3 nitrogen and oxygen atoms in total. The van der Waals surface area contributed by atoms with Crippen molar-refractivity contribution < 1.29 is 18.0 Å². The van der Waals surface area contributed by atoms with Crippen molar-refractivity contribution >= 4 is 5.91 Å². The second-order valence-corrected chi connectivity index (χ2v) is 5.19. The van der Waals surface area contributed by atoms with Crippen molar-refractivity contribution in [1.82, 2.24) is 10.2 Å². The lowest BCUT2D eigenvalue weighted by molar-refractivity contribution is -0.137. The second kappa shape index (κ2) is 8.17. The van der Waals surface area contributed by atoms with Gasteiger partial charge in [0.25, 0.3) is 0 Å². The van der Waals surface area contributed by atoms with Crippen molar-refractivity contribution in [2.45, 2.75) is 38.9 Å². The van der Waals surface area contributed by atoms with Gasteiger partial charge in [-0.25, -0.2) is 0 Å². The van der Waals surface area contributed by atoms with Crippen LogP contribution < -0.4 is 5.32 Å². The zero-order valence-electron chi connectivity index (χ0n) is 13.2. The van der Waals surface area contributed by atoms with E-state index in [1.807, 2.05) is 14.0 Å². The second-order valence-electron chi connectivity index (χ2n) is 5.19. The number of carbonyl (C=O) groups is 1. The quantitative estimate of drug-likeness (QED) is 0.779. The van der Waals surface area contributed by atoms with Gasteiger partial charge in [0.2, 0.25) is 5.91 Å². The van der Waals surface area contributed by atoms with Crippen molar-refractivity contribution in [3.05, 3.63) is 35.4 Å². The van der Waals surface area contributed by atoms with Crippen LogP contribution in [0.1, 0.15) is 43.9 Å². The van der Waals surface area contributed by atoms with Gasteiger partial charge in [-0.3, -0.25) is 4.79 Å². The molecule has 1 aromatic rings. The first-order valence-electron chi connectivity index (χ1n) is 7.42. The molecule has 0 bridgehead atoms. The number of rotatable bonds is 7. The minimum atomic E-state index is -4.37. The summed E-state index contributed by atoms with van der Waals surface area (Å²) in [4.78, 5) is 13.8. The van der Waals surface area contributed by atoms with E-state index in [9.17, 15) is 18.0 Å². The van der Waals surface area contributed by atoms with E-state index in [-0.39, 0.29) is 11.9 Å². The number of nitrogens with zero attached hydrogens (tertiary/aromatic N) is 1. The van der Waals surface area contributed by atoms with E-state index in [4.69, 9.17) is 0 Å². The lowest BCUT2D eigenvalue weighted by Gasteiger charge is -2.29. The maximum atomic E-state index is 12.8. The first kappa shape index (κ1) is 18.5. The lowest BCUT2D eigenvalue weighted by atomic mass is 10.0. The molecule has 0 aliphatic rings. The van der Waals surface area contributed by atoms with Crippen LogP contribution in [0.4, 0.5) is 13.2 Å². The Balaban J connectivity index is 2.87. The molecule has 0 aromatic heterocycles. The van der Waals surface area contributed by atoms with E-state index in [2.05, 4.69) is 5.32 Å². The number of nitrogens with one attached hydrogen (secondary N) is 1. The van der Waals surface area contributed by atoms with Crippen molar-refractivity contribution in [3.8, 4) is 0 Å². The van der Waals surface area contributed by atoms with Crippen LogP contribution in [0.2, 0.25) is 0 Å². The Hall–Kier alpha value is -1.56. The molecule has 0 aliphatic heterocycles. The third kappa shape index (κ3) is 5.02. The van der Waals surface area contributed by atoms with Crippen molar-refractivity contribution in [2.75, 3.05) is 20.1 Å². The third-order valence-corrected chi connectivity index (χ3v) is 3.64. The summed E-state index contributed by atoms with van der Waals surface area (Å²) in [6.45, 7) is 4.80. The molecular weight excluding hydrogens is 293 g/mol. The molecule has 6 heteroatoms. The van der Waals surface area contributed by atoms with Crippen LogP contribution in [0.25, 0.3) is 0 Å². The van der Waals surface area contributed by atoms with Crippen LogP contribution in [-0.2, 0) is 11.0 Å². The summed E-state index contributed by atoms with van der Waals surface area (Å²) in [5, 5.41) is 2.97. The maximum Gasteiger partial charge on any atom is 0.416 e. The van der Waals surface area contributed by atoms with E-state index >= 15 is 0 Å². The van der Waals surface area contributed by atoms with Crippen LogP contribution in [0, 0.1) is 0 Å². The average Bonchev–Trinajstić information content (AvgIpc) is 2.47. The number of carbonyl (C=O) groups excluding carboxylic acids is 1. The van der Waals surface area contributed by atoms with Crippen LogP contribution in [0.15, 0.2) is 24.3 Å². The molecule has 1 atom stereocenters. The fourth-order valence-corrected chi connectivity index (χ4v) is 2.38. The van der Waals surface area contributed by atoms with Gasteiger partial charge in [-0.1, -0.05) is 12.1 Å². The highest BCUT2D eigenvalue weighted by Gasteiger charge is 2.31. The van der Waals surface area contributed by atoms with Crippen LogP contribution in [0.3, 0.4) is 0 Å². The predicted molar refractivity (Wildman–Crippen MR) is 80.4 cm³/mol. The van der Waals surface area contributed by atoms with Crippen LogP contribution in [-0.4, -0.2) is 30.9 Å².